The van der Waals surface area contributed by atoms with E-state index >= 15 is 0 Å². The molecule has 0 unspecified atom stereocenters. The molecule has 0 spiro atoms. The number of fused-ring (bicyclic) bond motifs is 5. The zero-order chi connectivity index (χ0) is 21.7. The number of hydrogen-bond acceptors (Lipinski definition) is 3. The standard InChI is InChI=1S/C26H28N2O3/c1-15-8-11-20(12-16(15)2)27-24(29)21(13-17-6-4-3-5-7-17)28-25(30)22-18-9-10-19(14-18)23(22)26(28)31/h3-8,11-12,18-19,21-23H,9-10,13-14H2,1-2H3,(H,27,29)/t18-,19-,21-,22+,23+/m0/s1. The molecule has 3 aliphatic rings. The number of nitrogens with zero attached hydrogens (tertiary/aromatic N) is 1. The molecule has 1 N–H and O–H groups in total. The van der Waals surface area contributed by atoms with Crippen molar-refractivity contribution in [1.29, 1.82) is 0 Å². The van der Waals surface area contributed by atoms with E-state index in [1.807, 2.05) is 62.4 Å². The van der Waals surface area contributed by atoms with E-state index in [2.05, 4.69) is 5.32 Å². The summed E-state index contributed by atoms with van der Waals surface area (Å²) in [5, 5.41) is 2.97. The molecule has 3 fully saturated rings. The van der Waals surface area contributed by atoms with Gasteiger partial charge in [0.05, 0.1) is 11.8 Å². The molecule has 2 aliphatic carbocycles. The first-order valence-corrected chi connectivity index (χ1v) is 11.2. The van der Waals surface area contributed by atoms with Gasteiger partial charge in [0.2, 0.25) is 17.7 Å². The number of carbonyl (C=O) groups is 3. The van der Waals surface area contributed by atoms with Gasteiger partial charge in [-0.05, 0) is 73.8 Å². The molecule has 1 aliphatic heterocycles. The second kappa shape index (κ2) is 7.63. The number of likely N-dealkylation sites (tertiary alicyclic amines) is 1. The topological polar surface area (TPSA) is 66.5 Å². The van der Waals surface area contributed by atoms with Crippen LogP contribution < -0.4 is 5.32 Å². The Kier molecular flexibility index (Phi) is 4.92. The van der Waals surface area contributed by atoms with Gasteiger partial charge in [0.1, 0.15) is 6.04 Å². The van der Waals surface area contributed by atoms with Gasteiger partial charge in [-0.1, -0.05) is 36.4 Å². The Morgan fingerprint density at radius 3 is 2.23 bits per heavy atom. The van der Waals surface area contributed by atoms with E-state index in [9.17, 15) is 14.4 Å². The smallest absolute Gasteiger partial charge is 0.248 e. The molecule has 31 heavy (non-hydrogen) atoms. The SMILES string of the molecule is Cc1ccc(NC(=O)[C@H](Cc2ccccc2)N2C(=O)[C@@H]3[C@H]4CC[C@@H](C4)[C@H]3C2=O)cc1C. The summed E-state index contributed by atoms with van der Waals surface area (Å²) in [6, 6.07) is 14.5. The van der Waals surface area contributed by atoms with Crippen molar-refractivity contribution in [3.63, 3.8) is 0 Å². The third-order valence-corrected chi connectivity index (χ3v) is 7.62. The third-order valence-electron chi connectivity index (χ3n) is 7.62. The van der Waals surface area contributed by atoms with Crippen LogP contribution >= 0.6 is 0 Å². The molecule has 160 valence electrons. The highest BCUT2D eigenvalue weighted by Gasteiger charge is 2.62. The predicted octanol–water partition coefficient (Wildman–Crippen LogP) is 3.88. The van der Waals surface area contributed by atoms with Gasteiger partial charge in [-0.15, -0.1) is 0 Å². The van der Waals surface area contributed by atoms with E-state index in [4.69, 9.17) is 0 Å². The summed E-state index contributed by atoms with van der Waals surface area (Å²) in [6.45, 7) is 4.02. The molecule has 0 aromatic heterocycles. The maximum absolute atomic E-state index is 13.4. The Hall–Kier alpha value is -2.95. The van der Waals surface area contributed by atoms with E-state index in [1.54, 1.807) is 0 Å². The normalized spacial score (nSPS) is 27.5. The fourth-order valence-electron chi connectivity index (χ4n) is 5.92. The quantitative estimate of drug-likeness (QED) is 0.752. The van der Waals surface area contributed by atoms with Crippen LogP contribution in [0.5, 0.6) is 0 Å². The molecular weight excluding hydrogens is 388 g/mol. The third kappa shape index (κ3) is 3.36. The number of imide groups is 1. The highest BCUT2D eigenvalue weighted by atomic mass is 16.2. The fraction of sp³-hybridized carbons (Fsp3) is 0.423. The van der Waals surface area contributed by atoms with E-state index in [-0.39, 0.29) is 29.6 Å². The molecule has 5 atom stereocenters. The molecule has 2 aromatic carbocycles. The zero-order valence-corrected chi connectivity index (χ0v) is 18.0. The van der Waals surface area contributed by atoms with Gasteiger partial charge >= 0.3 is 0 Å². The molecule has 0 radical (unpaired) electrons. The summed E-state index contributed by atoms with van der Waals surface area (Å²) in [4.78, 5) is 41.5. The number of hydrogen-bond donors (Lipinski definition) is 1. The van der Waals surface area contributed by atoms with Gasteiger partial charge in [-0.25, -0.2) is 0 Å². The van der Waals surface area contributed by atoms with Crippen molar-refractivity contribution in [2.45, 2.75) is 45.6 Å². The van der Waals surface area contributed by atoms with Crippen LogP contribution in [0.25, 0.3) is 0 Å². The summed E-state index contributed by atoms with van der Waals surface area (Å²) >= 11 is 0. The Morgan fingerprint density at radius 2 is 1.61 bits per heavy atom. The summed E-state index contributed by atoms with van der Waals surface area (Å²) in [5.41, 5.74) is 3.85. The minimum atomic E-state index is -0.839. The maximum Gasteiger partial charge on any atom is 0.248 e. The molecule has 2 saturated carbocycles. The number of rotatable bonds is 5. The number of benzene rings is 2. The van der Waals surface area contributed by atoms with Crippen molar-refractivity contribution in [1.82, 2.24) is 4.90 Å². The van der Waals surface area contributed by atoms with Gasteiger partial charge in [0, 0.05) is 12.1 Å². The highest BCUT2D eigenvalue weighted by Crippen LogP contribution is 2.56. The van der Waals surface area contributed by atoms with Crippen LogP contribution in [-0.2, 0) is 20.8 Å². The van der Waals surface area contributed by atoms with Crippen LogP contribution in [0.2, 0.25) is 0 Å². The van der Waals surface area contributed by atoms with Gasteiger partial charge in [-0.3, -0.25) is 19.3 Å². The summed E-state index contributed by atoms with van der Waals surface area (Å²) in [5.74, 6) is -0.427. The molecule has 5 heteroatoms. The average Bonchev–Trinajstić information content (AvgIpc) is 3.44. The lowest BCUT2D eigenvalue weighted by atomic mass is 9.81. The lowest BCUT2D eigenvalue weighted by Crippen LogP contribution is -2.49. The molecule has 2 bridgehead atoms. The molecule has 2 aromatic rings. The lowest BCUT2D eigenvalue weighted by molar-refractivity contribution is -0.147. The highest BCUT2D eigenvalue weighted by molar-refractivity contribution is 6.10. The molecular formula is C26H28N2O3. The van der Waals surface area contributed by atoms with Gasteiger partial charge in [-0.2, -0.15) is 0 Å². The minimum absolute atomic E-state index is 0.140. The van der Waals surface area contributed by atoms with Crippen LogP contribution in [0.15, 0.2) is 48.5 Å². The Balaban J connectivity index is 1.45. The van der Waals surface area contributed by atoms with Crippen molar-refractivity contribution in [3.05, 3.63) is 65.2 Å². The van der Waals surface area contributed by atoms with Gasteiger partial charge < -0.3 is 5.32 Å². The number of carbonyl (C=O) groups excluding carboxylic acids is 3. The molecule has 1 saturated heterocycles. The Bertz CT molecular complexity index is 1020. The number of nitrogens with one attached hydrogen (secondary N) is 1. The van der Waals surface area contributed by atoms with Crippen LogP contribution in [0.4, 0.5) is 5.69 Å². The van der Waals surface area contributed by atoms with Gasteiger partial charge in [0.15, 0.2) is 0 Å². The predicted molar refractivity (Wildman–Crippen MR) is 118 cm³/mol. The largest absolute Gasteiger partial charge is 0.324 e. The fourth-order valence-corrected chi connectivity index (χ4v) is 5.92. The van der Waals surface area contributed by atoms with E-state index in [1.165, 1.54) is 4.90 Å². The van der Waals surface area contributed by atoms with E-state index in [0.717, 1.165) is 36.0 Å². The Morgan fingerprint density at radius 1 is 0.968 bits per heavy atom. The second-order valence-corrected chi connectivity index (χ2v) is 9.43. The first-order chi connectivity index (χ1) is 14.9. The summed E-state index contributed by atoms with van der Waals surface area (Å²) in [6.07, 6.45) is 3.36. The Labute approximate surface area is 182 Å². The molecule has 3 amide bonds. The first-order valence-electron chi connectivity index (χ1n) is 11.2. The molecule has 5 nitrogen and oxygen atoms in total. The number of anilines is 1. The average molecular weight is 417 g/mol. The maximum atomic E-state index is 13.4. The van der Waals surface area contributed by atoms with Crippen molar-refractivity contribution < 1.29 is 14.4 Å². The molecule has 1 heterocycles. The summed E-state index contributed by atoms with van der Waals surface area (Å²) in [7, 11) is 0. The second-order valence-electron chi connectivity index (χ2n) is 9.43. The van der Waals surface area contributed by atoms with Crippen molar-refractivity contribution >= 4 is 23.4 Å². The first kappa shape index (κ1) is 20.0. The number of aryl methyl sites for hydroxylation is 2. The van der Waals surface area contributed by atoms with Crippen molar-refractivity contribution in [3.8, 4) is 0 Å². The van der Waals surface area contributed by atoms with Crippen LogP contribution in [0, 0.1) is 37.5 Å². The minimum Gasteiger partial charge on any atom is -0.324 e. The zero-order valence-electron chi connectivity index (χ0n) is 18.0. The van der Waals surface area contributed by atoms with Gasteiger partial charge in [0.25, 0.3) is 0 Å². The lowest BCUT2D eigenvalue weighted by Gasteiger charge is -2.27. The van der Waals surface area contributed by atoms with Crippen LogP contribution in [-0.4, -0.2) is 28.7 Å². The monoisotopic (exact) mass is 416 g/mol. The van der Waals surface area contributed by atoms with Crippen molar-refractivity contribution in [2.75, 3.05) is 5.32 Å². The summed E-state index contributed by atoms with van der Waals surface area (Å²) < 4.78 is 0. The van der Waals surface area contributed by atoms with Crippen LogP contribution in [0.3, 0.4) is 0 Å². The van der Waals surface area contributed by atoms with E-state index in [0.29, 0.717) is 23.9 Å². The van der Waals surface area contributed by atoms with Crippen molar-refractivity contribution in [2.24, 2.45) is 23.7 Å². The van der Waals surface area contributed by atoms with E-state index < -0.39 is 6.04 Å². The van der Waals surface area contributed by atoms with Crippen LogP contribution in [0.1, 0.15) is 36.0 Å². The number of amides is 3. The molecule has 5 rings (SSSR count).